The number of aromatic nitrogens is 2. The molecule has 3 rings (SSSR count). The zero-order chi connectivity index (χ0) is 21.5. The fourth-order valence-electron chi connectivity index (χ4n) is 3.54. The molecule has 0 saturated carbocycles. The lowest BCUT2D eigenvalue weighted by molar-refractivity contribution is -0.139. The Morgan fingerprint density at radius 2 is 1.83 bits per heavy atom. The van der Waals surface area contributed by atoms with E-state index in [0.717, 1.165) is 19.3 Å². The molecule has 1 saturated heterocycles. The summed E-state index contributed by atoms with van der Waals surface area (Å²) in [5.41, 5.74) is 5.57. The number of likely N-dealkylation sites (tertiary alicyclic amines) is 1. The van der Waals surface area contributed by atoms with Gasteiger partial charge in [-0.05, 0) is 57.4 Å². The van der Waals surface area contributed by atoms with Crippen molar-refractivity contribution in [1.82, 2.24) is 20.3 Å². The van der Waals surface area contributed by atoms with Gasteiger partial charge >= 0.3 is 0 Å². The van der Waals surface area contributed by atoms with Crippen LogP contribution in [0.25, 0.3) is 0 Å². The van der Waals surface area contributed by atoms with Crippen LogP contribution < -0.4 is 20.3 Å². The number of nitrogens with zero attached hydrogens (tertiary/aromatic N) is 3. The molecule has 0 bridgehead atoms. The van der Waals surface area contributed by atoms with Crippen molar-refractivity contribution >= 4 is 17.8 Å². The molecule has 0 radical (unpaired) electrons. The first kappa shape index (κ1) is 21.4. The predicted molar refractivity (Wildman–Crippen MR) is 111 cm³/mol. The van der Waals surface area contributed by atoms with Gasteiger partial charge in [-0.25, -0.2) is 4.98 Å². The molecule has 1 aromatic heterocycles. The van der Waals surface area contributed by atoms with Gasteiger partial charge in [0.25, 0.3) is 11.8 Å². The molecule has 1 aliphatic heterocycles. The SMILES string of the molecule is COc1ccnc(NNC(=O)c2ccc(OCC(=O)N3[C@@H](C)CCC[C@@H]3C)cc2)n1. The zero-order valence-electron chi connectivity index (χ0n) is 17.4. The Kier molecular flexibility index (Phi) is 7.05. The average molecular weight is 413 g/mol. The number of ether oxygens (including phenoxy) is 2. The summed E-state index contributed by atoms with van der Waals surface area (Å²) in [6.45, 7) is 4.13. The maximum absolute atomic E-state index is 12.5. The number of hydrazine groups is 1. The van der Waals surface area contributed by atoms with Crippen LogP contribution in [-0.4, -0.2) is 52.5 Å². The molecule has 9 nitrogen and oxygen atoms in total. The summed E-state index contributed by atoms with van der Waals surface area (Å²) in [5, 5.41) is 0. The number of rotatable bonds is 7. The van der Waals surface area contributed by atoms with Crippen molar-refractivity contribution in [3.8, 4) is 11.6 Å². The standard InChI is InChI=1S/C21H27N5O4/c1-14-5-4-6-15(2)26(14)19(27)13-30-17-9-7-16(8-10-17)20(28)24-25-21-22-12-11-18(23-21)29-3/h7-12,14-15H,4-6,13H2,1-3H3,(H,24,28)(H,22,23,25)/t14-,15-/m0/s1. The molecule has 9 heteroatoms. The average Bonchev–Trinajstić information content (AvgIpc) is 2.76. The minimum absolute atomic E-state index is 0.0148. The quantitative estimate of drug-likeness (QED) is 0.672. The molecule has 1 fully saturated rings. The number of piperidine rings is 1. The van der Waals surface area contributed by atoms with Gasteiger partial charge in [0, 0.05) is 29.9 Å². The Morgan fingerprint density at radius 3 is 2.50 bits per heavy atom. The van der Waals surface area contributed by atoms with Crippen LogP contribution in [0.15, 0.2) is 36.5 Å². The van der Waals surface area contributed by atoms with Crippen LogP contribution in [0.5, 0.6) is 11.6 Å². The van der Waals surface area contributed by atoms with Crippen LogP contribution in [0.3, 0.4) is 0 Å². The van der Waals surface area contributed by atoms with Crippen molar-refractivity contribution in [2.75, 3.05) is 19.1 Å². The Hall–Kier alpha value is -3.36. The maximum Gasteiger partial charge on any atom is 0.269 e. The highest BCUT2D eigenvalue weighted by molar-refractivity contribution is 5.94. The van der Waals surface area contributed by atoms with Crippen LogP contribution in [0.2, 0.25) is 0 Å². The van der Waals surface area contributed by atoms with Gasteiger partial charge in [0.1, 0.15) is 5.75 Å². The number of carbonyl (C=O) groups is 2. The van der Waals surface area contributed by atoms with E-state index in [1.807, 2.05) is 4.90 Å². The summed E-state index contributed by atoms with van der Waals surface area (Å²) < 4.78 is 10.6. The lowest BCUT2D eigenvalue weighted by Gasteiger charge is -2.38. The predicted octanol–water partition coefficient (Wildman–Crippen LogP) is 2.41. The summed E-state index contributed by atoms with van der Waals surface area (Å²) in [4.78, 5) is 34.8. The van der Waals surface area contributed by atoms with Gasteiger partial charge in [0.05, 0.1) is 7.11 Å². The van der Waals surface area contributed by atoms with Crippen LogP contribution in [-0.2, 0) is 4.79 Å². The topological polar surface area (TPSA) is 106 Å². The van der Waals surface area contributed by atoms with E-state index in [-0.39, 0.29) is 36.5 Å². The highest BCUT2D eigenvalue weighted by Crippen LogP contribution is 2.23. The van der Waals surface area contributed by atoms with E-state index in [1.165, 1.54) is 13.3 Å². The molecular formula is C21H27N5O4. The summed E-state index contributed by atoms with van der Waals surface area (Å²) in [7, 11) is 1.50. The van der Waals surface area contributed by atoms with Crippen LogP contribution in [0.4, 0.5) is 5.95 Å². The van der Waals surface area contributed by atoms with Crippen LogP contribution in [0, 0.1) is 0 Å². The molecule has 2 amide bonds. The molecule has 2 aromatic rings. The Morgan fingerprint density at radius 1 is 1.13 bits per heavy atom. The van der Waals surface area contributed by atoms with E-state index in [9.17, 15) is 9.59 Å². The second-order valence-electron chi connectivity index (χ2n) is 7.24. The third kappa shape index (κ3) is 5.37. The molecule has 0 unspecified atom stereocenters. The van der Waals surface area contributed by atoms with Gasteiger partial charge in [-0.3, -0.25) is 20.4 Å². The first-order valence-electron chi connectivity index (χ1n) is 9.95. The van der Waals surface area contributed by atoms with Crippen molar-refractivity contribution in [2.45, 2.75) is 45.2 Å². The lowest BCUT2D eigenvalue weighted by Crippen LogP contribution is -2.49. The van der Waals surface area contributed by atoms with Crippen molar-refractivity contribution < 1.29 is 19.1 Å². The fourth-order valence-corrected chi connectivity index (χ4v) is 3.54. The number of amides is 2. The highest BCUT2D eigenvalue weighted by atomic mass is 16.5. The number of nitrogens with one attached hydrogen (secondary N) is 2. The second-order valence-corrected chi connectivity index (χ2v) is 7.24. The molecule has 0 aliphatic carbocycles. The van der Waals surface area contributed by atoms with E-state index in [1.54, 1.807) is 30.3 Å². The number of methoxy groups -OCH3 is 1. The fraction of sp³-hybridized carbons (Fsp3) is 0.429. The summed E-state index contributed by atoms with van der Waals surface area (Å²) >= 11 is 0. The first-order chi connectivity index (χ1) is 14.5. The number of hydrogen-bond donors (Lipinski definition) is 2. The van der Waals surface area contributed by atoms with Gasteiger partial charge in [0.2, 0.25) is 11.8 Å². The summed E-state index contributed by atoms with van der Waals surface area (Å²) in [6, 6.07) is 8.63. The van der Waals surface area contributed by atoms with Crippen molar-refractivity contribution in [2.24, 2.45) is 0 Å². The number of benzene rings is 1. The molecule has 160 valence electrons. The molecular weight excluding hydrogens is 386 g/mol. The molecule has 1 aromatic carbocycles. The van der Waals surface area contributed by atoms with Crippen LogP contribution in [0.1, 0.15) is 43.5 Å². The third-order valence-electron chi connectivity index (χ3n) is 5.09. The van der Waals surface area contributed by atoms with Crippen molar-refractivity contribution in [3.63, 3.8) is 0 Å². The molecule has 2 N–H and O–H groups in total. The van der Waals surface area contributed by atoms with Gasteiger partial charge in [-0.15, -0.1) is 0 Å². The molecule has 30 heavy (non-hydrogen) atoms. The number of anilines is 1. The molecule has 1 aliphatic rings. The molecule has 0 spiro atoms. The van der Waals surface area contributed by atoms with Gasteiger partial charge < -0.3 is 14.4 Å². The maximum atomic E-state index is 12.5. The smallest absolute Gasteiger partial charge is 0.269 e. The van der Waals surface area contributed by atoms with Gasteiger partial charge in [-0.2, -0.15) is 4.98 Å². The number of hydrogen-bond acceptors (Lipinski definition) is 7. The van der Waals surface area contributed by atoms with E-state index in [2.05, 4.69) is 34.7 Å². The Balaban J connectivity index is 1.50. The monoisotopic (exact) mass is 413 g/mol. The largest absolute Gasteiger partial charge is 0.484 e. The third-order valence-corrected chi connectivity index (χ3v) is 5.09. The highest BCUT2D eigenvalue weighted by Gasteiger charge is 2.28. The minimum atomic E-state index is -0.361. The molecule has 2 atom stereocenters. The summed E-state index contributed by atoms with van der Waals surface area (Å²) in [6.07, 6.45) is 4.71. The minimum Gasteiger partial charge on any atom is -0.484 e. The van der Waals surface area contributed by atoms with E-state index >= 15 is 0 Å². The number of carbonyl (C=O) groups excluding carboxylic acids is 2. The van der Waals surface area contributed by atoms with E-state index < -0.39 is 0 Å². The van der Waals surface area contributed by atoms with Crippen LogP contribution >= 0.6 is 0 Å². The van der Waals surface area contributed by atoms with Gasteiger partial charge in [-0.1, -0.05) is 0 Å². The first-order valence-corrected chi connectivity index (χ1v) is 9.95. The van der Waals surface area contributed by atoms with E-state index in [0.29, 0.717) is 17.2 Å². The summed E-state index contributed by atoms with van der Waals surface area (Å²) in [5.74, 6) is 0.744. The van der Waals surface area contributed by atoms with Crippen molar-refractivity contribution in [1.29, 1.82) is 0 Å². The Bertz CT molecular complexity index is 864. The van der Waals surface area contributed by atoms with Crippen molar-refractivity contribution in [3.05, 3.63) is 42.1 Å². The van der Waals surface area contributed by atoms with E-state index in [4.69, 9.17) is 9.47 Å². The lowest BCUT2D eigenvalue weighted by atomic mass is 9.97. The normalized spacial score (nSPS) is 18.4. The van der Waals surface area contributed by atoms with Gasteiger partial charge in [0.15, 0.2) is 6.61 Å². The zero-order valence-corrected chi connectivity index (χ0v) is 17.4. The second kappa shape index (κ2) is 9.91. The Labute approximate surface area is 175 Å². The molecule has 2 heterocycles.